The molecule has 0 radical (unpaired) electrons. The SMILES string of the molecule is CCc1cc2nnc(-c3nc4ccccc4[nH]3)c(Cl)n2n1. The number of halogens is 1. The molecule has 0 atom stereocenters. The molecule has 0 saturated heterocycles. The van der Waals surface area contributed by atoms with Gasteiger partial charge in [-0.3, -0.25) is 0 Å². The summed E-state index contributed by atoms with van der Waals surface area (Å²) in [6.07, 6.45) is 0.819. The van der Waals surface area contributed by atoms with E-state index in [1.54, 1.807) is 4.52 Å². The van der Waals surface area contributed by atoms with Gasteiger partial charge in [0.05, 0.1) is 16.7 Å². The number of para-hydroxylation sites is 2. The maximum Gasteiger partial charge on any atom is 0.179 e. The molecule has 1 aromatic carbocycles. The van der Waals surface area contributed by atoms with Gasteiger partial charge in [0, 0.05) is 6.07 Å². The Bertz CT molecular complexity index is 922. The monoisotopic (exact) mass is 298 g/mol. The Balaban J connectivity index is 1.94. The minimum Gasteiger partial charge on any atom is -0.336 e. The highest BCUT2D eigenvalue weighted by Crippen LogP contribution is 2.25. The highest BCUT2D eigenvalue weighted by atomic mass is 35.5. The van der Waals surface area contributed by atoms with Gasteiger partial charge in [-0.2, -0.15) is 9.61 Å². The van der Waals surface area contributed by atoms with E-state index in [2.05, 4.69) is 25.3 Å². The number of aromatic nitrogens is 6. The normalized spacial score (nSPS) is 11.5. The molecular formula is C14H11ClN6. The van der Waals surface area contributed by atoms with Gasteiger partial charge in [-0.1, -0.05) is 30.7 Å². The topological polar surface area (TPSA) is 71.8 Å². The van der Waals surface area contributed by atoms with Gasteiger partial charge >= 0.3 is 0 Å². The summed E-state index contributed by atoms with van der Waals surface area (Å²) >= 11 is 6.41. The average Bonchev–Trinajstić information content (AvgIpc) is 3.11. The Morgan fingerprint density at radius 2 is 2.10 bits per heavy atom. The van der Waals surface area contributed by atoms with E-state index in [-0.39, 0.29) is 0 Å². The number of hydrogen-bond acceptors (Lipinski definition) is 4. The van der Waals surface area contributed by atoms with Crippen LogP contribution in [0.5, 0.6) is 0 Å². The molecule has 1 N–H and O–H groups in total. The van der Waals surface area contributed by atoms with E-state index in [0.29, 0.717) is 22.3 Å². The third kappa shape index (κ3) is 1.87. The fourth-order valence-electron chi connectivity index (χ4n) is 2.26. The third-order valence-electron chi connectivity index (χ3n) is 3.35. The first-order valence-electron chi connectivity index (χ1n) is 6.62. The lowest BCUT2D eigenvalue weighted by atomic mass is 10.3. The molecule has 0 spiro atoms. The zero-order chi connectivity index (χ0) is 14.4. The summed E-state index contributed by atoms with van der Waals surface area (Å²) in [6, 6.07) is 9.64. The molecule has 0 saturated carbocycles. The smallest absolute Gasteiger partial charge is 0.179 e. The van der Waals surface area contributed by atoms with Gasteiger partial charge in [0.15, 0.2) is 22.3 Å². The van der Waals surface area contributed by atoms with E-state index >= 15 is 0 Å². The van der Waals surface area contributed by atoms with Gasteiger partial charge in [-0.25, -0.2) is 4.98 Å². The maximum absolute atomic E-state index is 6.41. The highest BCUT2D eigenvalue weighted by Gasteiger charge is 2.16. The van der Waals surface area contributed by atoms with E-state index < -0.39 is 0 Å². The van der Waals surface area contributed by atoms with Crippen LogP contribution in [0.4, 0.5) is 0 Å². The van der Waals surface area contributed by atoms with Gasteiger partial charge in [0.1, 0.15) is 0 Å². The van der Waals surface area contributed by atoms with E-state index in [4.69, 9.17) is 11.6 Å². The van der Waals surface area contributed by atoms with Crippen LogP contribution in [0, 0.1) is 0 Å². The number of nitrogens with zero attached hydrogens (tertiary/aromatic N) is 5. The molecule has 0 fully saturated rings. The second-order valence-corrected chi connectivity index (χ2v) is 5.06. The summed E-state index contributed by atoms with van der Waals surface area (Å²) in [5, 5.41) is 13.2. The fraction of sp³-hybridized carbons (Fsp3) is 0.143. The van der Waals surface area contributed by atoms with Crippen LogP contribution >= 0.6 is 11.6 Å². The molecule has 0 bridgehead atoms. The molecule has 0 unspecified atom stereocenters. The molecule has 104 valence electrons. The van der Waals surface area contributed by atoms with Gasteiger partial charge < -0.3 is 4.98 Å². The molecule has 4 rings (SSSR count). The largest absolute Gasteiger partial charge is 0.336 e. The molecule has 3 aromatic heterocycles. The van der Waals surface area contributed by atoms with Crippen molar-refractivity contribution in [3.63, 3.8) is 0 Å². The minimum absolute atomic E-state index is 0.402. The van der Waals surface area contributed by atoms with Crippen LogP contribution in [0.2, 0.25) is 5.15 Å². The summed E-state index contributed by atoms with van der Waals surface area (Å²) < 4.78 is 1.59. The predicted molar refractivity (Wildman–Crippen MR) is 80.3 cm³/mol. The molecule has 7 heteroatoms. The van der Waals surface area contributed by atoms with Gasteiger partial charge in [0.25, 0.3) is 0 Å². The van der Waals surface area contributed by atoms with Crippen molar-refractivity contribution < 1.29 is 0 Å². The van der Waals surface area contributed by atoms with Crippen molar-refractivity contribution in [3.05, 3.63) is 41.2 Å². The van der Waals surface area contributed by atoms with Crippen molar-refractivity contribution in [1.29, 1.82) is 0 Å². The van der Waals surface area contributed by atoms with Crippen molar-refractivity contribution in [2.45, 2.75) is 13.3 Å². The van der Waals surface area contributed by atoms with Crippen LogP contribution < -0.4 is 0 Å². The summed E-state index contributed by atoms with van der Waals surface area (Å²) in [5.74, 6) is 0.587. The predicted octanol–water partition coefficient (Wildman–Crippen LogP) is 2.88. The number of rotatable bonds is 2. The lowest BCUT2D eigenvalue weighted by Gasteiger charge is -2.00. The Morgan fingerprint density at radius 3 is 2.90 bits per heavy atom. The summed E-state index contributed by atoms with van der Waals surface area (Å²) in [5.41, 5.74) is 3.84. The first kappa shape index (κ1) is 12.3. The second kappa shape index (κ2) is 4.53. The molecular weight excluding hydrogens is 288 g/mol. The minimum atomic E-state index is 0.402. The summed E-state index contributed by atoms with van der Waals surface area (Å²) in [7, 11) is 0. The van der Waals surface area contributed by atoms with Crippen molar-refractivity contribution in [1.82, 2.24) is 29.8 Å². The van der Waals surface area contributed by atoms with Crippen LogP contribution in [0.3, 0.4) is 0 Å². The number of H-pyrrole nitrogens is 1. The average molecular weight is 299 g/mol. The molecule has 0 amide bonds. The fourth-order valence-corrected chi connectivity index (χ4v) is 2.51. The number of nitrogens with one attached hydrogen (secondary N) is 1. The summed E-state index contributed by atoms with van der Waals surface area (Å²) in [4.78, 5) is 7.69. The van der Waals surface area contributed by atoms with E-state index in [0.717, 1.165) is 23.1 Å². The van der Waals surface area contributed by atoms with Crippen molar-refractivity contribution in [2.75, 3.05) is 0 Å². The molecule has 4 aromatic rings. The molecule has 0 aliphatic rings. The number of benzene rings is 1. The standard InChI is InChI=1S/C14H11ClN6/c1-2-8-7-11-18-19-12(13(15)21(11)20-8)14-16-9-5-3-4-6-10(9)17-14/h3-7H,2H2,1H3,(H,16,17). The van der Waals surface area contributed by atoms with E-state index in [9.17, 15) is 0 Å². The van der Waals surface area contributed by atoms with Crippen molar-refractivity contribution in [2.24, 2.45) is 0 Å². The van der Waals surface area contributed by atoms with Gasteiger partial charge in [-0.05, 0) is 18.6 Å². The Morgan fingerprint density at radius 1 is 1.24 bits per heavy atom. The molecule has 21 heavy (non-hydrogen) atoms. The Hall–Kier alpha value is -2.47. The third-order valence-corrected chi connectivity index (χ3v) is 3.69. The first-order valence-corrected chi connectivity index (χ1v) is 7.00. The lowest BCUT2D eigenvalue weighted by molar-refractivity contribution is 0.860. The molecule has 0 aliphatic heterocycles. The zero-order valence-electron chi connectivity index (χ0n) is 11.2. The van der Waals surface area contributed by atoms with Gasteiger partial charge in [-0.15, -0.1) is 10.2 Å². The first-order chi connectivity index (χ1) is 10.3. The van der Waals surface area contributed by atoms with Crippen LogP contribution in [0.15, 0.2) is 30.3 Å². The van der Waals surface area contributed by atoms with Crippen molar-refractivity contribution >= 4 is 28.3 Å². The number of fused-ring (bicyclic) bond motifs is 2. The quantitative estimate of drug-likeness (QED) is 0.617. The Labute approximate surface area is 124 Å². The zero-order valence-corrected chi connectivity index (χ0v) is 12.0. The van der Waals surface area contributed by atoms with E-state index in [1.165, 1.54) is 0 Å². The van der Waals surface area contributed by atoms with Gasteiger partial charge in [0.2, 0.25) is 0 Å². The van der Waals surface area contributed by atoms with Crippen molar-refractivity contribution in [3.8, 4) is 11.5 Å². The number of aromatic amines is 1. The van der Waals surface area contributed by atoms with Crippen LogP contribution in [-0.2, 0) is 6.42 Å². The number of imidazole rings is 1. The number of aryl methyl sites for hydroxylation is 1. The second-order valence-electron chi connectivity index (χ2n) is 4.70. The molecule has 0 aliphatic carbocycles. The van der Waals surface area contributed by atoms with Crippen LogP contribution in [0.25, 0.3) is 28.2 Å². The Kier molecular flexibility index (Phi) is 2.65. The van der Waals surface area contributed by atoms with E-state index in [1.807, 2.05) is 37.3 Å². The maximum atomic E-state index is 6.41. The highest BCUT2D eigenvalue weighted by molar-refractivity contribution is 6.32. The number of hydrogen-bond donors (Lipinski definition) is 1. The molecule has 6 nitrogen and oxygen atoms in total. The summed E-state index contributed by atoms with van der Waals surface area (Å²) in [6.45, 7) is 2.03. The lowest BCUT2D eigenvalue weighted by Crippen LogP contribution is -2.00. The van der Waals surface area contributed by atoms with Crippen LogP contribution in [0.1, 0.15) is 12.6 Å². The van der Waals surface area contributed by atoms with Crippen LogP contribution in [-0.4, -0.2) is 29.8 Å². The molecule has 3 heterocycles.